The molecule has 2 aromatic rings. The van der Waals surface area contributed by atoms with Gasteiger partial charge < -0.3 is 14.7 Å². The normalized spacial score (nSPS) is 22.1. The lowest BCUT2D eigenvalue weighted by Gasteiger charge is -2.41. The fourth-order valence-corrected chi connectivity index (χ4v) is 4.96. The average molecular weight is 498 g/mol. The van der Waals surface area contributed by atoms with E-state index >= 15 is 0 Å². The maximum atomic E-state index is 13.7. The van der Waals surface area contributed by atoms with E-state index in [2.05, 4.69) is 4.98 Å². The van der Waals surface area contributed by atoms with Gasteiger partial charge in [-0.25, -0.2) is 4.98 Å². The third kappa shape index (κ3) is 3.99. The van der Waals surface area contributed by atoms with Crippen LogP contribution >= 0.6 is 11.6 Å². The third-order valence-electron chi connectivity index (χ3n) is 6.86. The number of amides is 3. The summed E-state index contributed by atoms with van der Waals surface area (Å²) in [6, 6.07) is 0.859. The Kier molecular flexibility index (Phi) is 5.50. The minimum absolute atomic E-state index is 0.0370. The van der Waals surface area contributed by atoms with E-state index in [4.69, 9.17) is 11.6 Å². The van der Waals surface area contributed by atoms with Gasteiger partial charge >= 0.3 is 6.18 Å². The number of hydrogen-bond acceptors (Lipinski definition) is 4. The van der Waals surface area contributed by atoms with E-state index in [1.165, 1.54) is 11.1 Å². The van der Waals surface area contributed by atoms with Gasteiger partial charge in [-0.15, -0.1) is 0 Å². The first-order chi connectivity index (χ1) is 16.0. The minimum atomic E-state index is -4.66. The molecule has 2 aliphatic heterocycles. The number of piperazine rings is 1. The number of halogens is 4. The van der Waals surface area contributed by atoms with Crippen molar-refractivity contribution in [2.75, 3.05) is 33.2 Å². The van der Waals surface area contributed by atoms with Gasteiger partial charge in [-0.05, 0) is 36.8 Å². The lowest BCUT2D eigenvalue weighted by molar-refractivity contribution is -0.143. The van der Waals surface area contributed by atoms with Crippen LogP contribution in [0.25, 0.3) is 5.65 Å². The summed E-state index contributed by atoms with van der Waals surface area (Å²) in [5.74, 6) is -0.999. The minimum Gasteiger partial charge on any atom is -0.346 e. The molecule has 0 aromatic carbocycles. The van der Waals surface area contributed by atoms with Gasteiger partial charge in [0.2, 0.25) is 11.8 Å². The summed E-state index contributed by atoms with van der Waals surface area (Å²) in [6.45, 7) is 0.714. The summed E-state index contributed by atoms with van der Waals surface area (Å²) in [6.07, 6.45) is -0.656. The van der Waals surface area contributed by atoms with Crippen molar-refractivity contribution in [1.82, 2.24) is 24.1 Å². The summed E-state index contributed by atoms with van der Waals surface area (Å²) < 4.78 is 42.3. The van der Waals surface area contributed by atoms with E-state index in [1.54, 1.807) is 16.8 Å². The van der Waals surface area contributed by atoms with Crippen LogP contribution in [-0.4, -0.2) is 81.1 Å². The molecule has 8 nitrogen and oxygen atoms in total. The van der Waals surface area contributed by atoms with Crippen LogP contribution in [0.15, 0.2) is 12.3 Å². The van der Waals surface area contributed by atoms with Crippen molar-refractivity contribution in [3.8, 4) is 0 Å². The van der Waals surface area contributed by atoms with E-state index in [0.717, 1.165) is 23.3 Å². The highest BCUT2D eigenvalue weighted by atomic mass is 35.5. The Morgan fingerprint density at radius 1 is 1.12 bits per heavy atom. The second-order valence-electron chi connectivity index (χ2n) is 9.18. The SMILES string of the molecule is CN1CCC(N2CCN(C(=O)c3nc4c(C(F)(F)F)cc(C5CC5)cn4c3Cl)CC2=O)CC1=O. The molecule has 182 valence electrons. The molecule has 1 aliphatic carbocycles. The largest absolute Gasteiger partial charge is 0.419 e. The highest BCUT2D eigenvalue weighted by molar-refractivity contribution is 6.33. The number of likely N-dealkylation sites (tertiary alicyclic amines) is 1. The standard InChI is InChI=1S/C22H23ClF3N5O3/c1-28-5-4-14(9-16(28)32)30-7-6-29(11-17(30)33)21(34)18-19(23)31-10-13(12-2-3-12)8-15(20(31)27-18)22(24,25)26/h8,10,12,14H,2-7,9,11H2,1H3. The molecule has 3 aliphatic rings. The molecule has 0 radical (unpaired) electrons. The Morgan fingerprint density at radius 2 is 1.85 bits per heavy atom. The van der Waals surface area contributed by atoms with Gasteiger partial charge in [0, 0.05) is 45.3 Å². The Morgan fingerprint density at radius 3 is 2.47 bits per heavy atom. The van der Waals surface area contributed by atoms with Gasteiger partial charge in [0.1, 0.15) is 11.7 Å². The molecule has 2 saturated heterocycles. The Bertz CT molecular complexity index is 1190. The van der Waals surface area contributed by atoms with E-state index in [0.29, 0.717) is 18.5 Å². The quantitative estimate of drug-likeness (QED) is 0.653. The van der Waals surface area contributed by atoms with E-state index in [-0.39, 0.29) is 60.7 Å². The first-order valence-corrected chi connectivity index (χ1v) is 11.5. The Labute approximate surface area is 198 Å². The van der Waals surface area contributed by atoms with Crippen LogP contribution in [0.2, 0.25) is 5.15 Å². The van der Waals surface area contributed by atoms with Crippen molar-refractivity contribution in [2.24, 2.45) is 0 Å². The van der Waals surface area contributed by atoms with Crippen molar-refractivity contribution < 1.29 is 27.6 Å². The lowest BCUT2D eigenvalue weighted by atomic mass is 10.0. The molecular formula is C22H23ClF3N5O3. The Hall–Kier alpha value is -2.82. The van der Waals surface area contributed by atoms with Gasteiger partial charge in [-0.2, -0.15) is 13.2 Å². The number of imidazole rings is 1. The molecule has 4 heterocycles. The zero-order valence-electron chi connectivity index (χ0n) is 18.4. The number of fused-ring (bicyclic) bond motifs is 1. The summed E-state index contributed by atoms with van der Waals surface area (Å²) in [7, 11) is 1.72. The zero-order valence-corrected chi connectivity index (χ0v) is 19.2. The molecule has 3 amide bonds. The maximum absolute atomic E-state index is 13.7. The number of hydrogen-bond donors (Lipinski definition) is 0. The van der Waals surface area contributed by atoms with Crippen LogP contribution in [0, 0.1) is 0 Å². The van der Waals surface area contributed by atoms with Gasteiger partial charge in [-0.1, -0.05) is 11.6 Å². The third-order valence-corrected chi connectivity index (χ3v) is 7.22. The van der Waals surface area contributed by atoms with Crippen LogP contribution in [0.3, 0.4) is 0 Å². The maximum Gasteiger partial charge on any atom is 0.419 e. The lowest BCUT2D eigenvalue weighted by Crippen LogP contribution is -2.57. The first-order valence-electron chi connectivity index (χ1n) is 11.2. The summed E-state index contributed by atoms with van der Waals surface area (Å²) in [5, 5.41) is -0.205. The number of aromatic nitrogens is 2. The van der Waals surface area contributed by atoms with Crippen LogP contribution in [-0.2, 0) is 15.8 Å². The fraction of sp³-hybridized carbons (Fsp3) is 0.545. The predicted molar refractivity (Wildman–Crippen MR) is 115 cm³/mol. The molecule has 1 atom stereocenters. The van der Waals surface area contributed by atoms with Crippen LogP contribution in [0.4, 0.5) is 13.2 Å². The van der Waals surface area contributed by atoms with Crippen LogP contribution in [0.5, 0.6) is 0 Å². The van der Waals surface area contributed by atoms with E-state index in [1.807, 2.05) is 0 Å². The number of pyridine rings is 1. The molecule has 34 heavy (non-hydrogen) atoms. The average Bonchev–Trinajstić information content (AvgIpc) is 3.58. The number of carbonyl (C=O) groups excluding carboxylic acids is 3. The smallest absolute Gasteiger partial charge is 0.346 e. The second kappa shape index (κ2) is 8.14. The molecule has 0 bridgehead atoms. The summed E-state index contributed by atoms with van der Waals surface area (Å²) in [5.41, 5.74) is -1.17. The monoisotopic (exact) mass is 497 g/mol. The molecule has 1 saturated carbocycles. The summed E-state index contributed by atoms with van der Waals surface area (Å²) in [4.78, 5) is 46.4. The van der Waals surface area contributed by atoms with Crippen molar-refractivity contribution in [1.29, 1.82) is 0 Å². The second-order valence-corrected chi connectivity index (χ2v) is 9.54. The van der Waals surface area contributed by atoms with Gasteiger partial charge in [0.15, 0.2) is 11.3 Å². The molecular weight excluding hydrogens is 475 g/mol. The fourth-order valence-electron chi connectivity index (χ4n) is 4.71. The van der Waals surface area contributed by atoms with Gasteiger partial charge in [-0.3, -0.25) is 18.8 Å². The molecule has 2 aromatic heterocycles. The van der Waals surface area contributed by atoms with Crippen molar-refractivity contribution >= 4 is 35.0 Å². The van der Waals surface area contributed by atoms with Gasteiger partial charge in [0.25, 0.3) is 5.91 Å². The predicted octanol–water partition coefficient (Wildman–Crippen LogP) is 2.79. The van der Waals surface area contributed by atoms with E-state index in [9.17, 15) is 27.6 Å². The first kappa shape index (κ1) is 22.9. The molecule has 5 rings (SSSR count). The highest BCUT2D eigenvalue weighted by Gasteiger charge is 2.39. The highest BCUT2D eigenvalue weighted by Crippen LogP contribution is 2.43. The number of rotatable bonds is 3. The summed E-state index contributed by atoms with van der Waals surface area (Å²) >= 11 is 6.36. The topological polar surface area (TPSA) is 78.2 Å². The number of nitrogens with zero attached hydrogens (tertiary/aromatic N) is 5. The van der Waals surface area contributed by atoms with Gasteiger partial charge in [0.05, 0.1) is 5.56 Å². The van der Waals surface area contributed by atoms with Crippen LogP contribution < -0.4 is 0 Å². The molecule has 3 fully saturated rings. The number of alkyl halides is 3. The van der Waals surface area contributed by atoms with Crippen molar-refractivity contribution in [3.63, 3.8) is 0 Å². The zero-order chi connectivity index (χ0) is 24.4. The van der Waals surface area contributed by atoms with Crippen LogP contribution in [0.1, 0.15) is 53.2 Å². The van der Waals surface area contributed by atoms with Crippen molar-refractivity contribution in [3.05, 3.63) is 34.2 Å². The Balaban J connectivity index is 1.39. The molecule has 0 N–H and O–H groups in total. The molecule has 12 heteroatoms. The number of carbonyl (C=O) groups is 3. The molecule has 1 unspecified atom stereocenters. The van der Waals surface area contributed by atoms with E-state index < -0.39 is 23.3 Å². The molecule has 0 spiro atoms. The van der Waals surface area contributed by atoms with Crippen molar-refractivity contribution in [2.45, 2.75) is 43.8 Å². The number of piperidine rings is 1.